The summed E-state index contributed by atoms with van der Waals surface area (Å²) in [5.41, 5.74) is 8.08. The summed E-state index contributed by atoms with van der Waals surface area (Å²) in [6.45, 7) is 0.0969. The molecule has 3 aromatic rings. The van der Waals surface area contributed by atoms with Crippen LogP contribution < -0.4 is 5.73 Å². The first kappa shape index (κ1) is 20.6. The number of para-hydroxylation sites is 2. The topological polar surface area (TPSA) is 80.7 Å². The van der Waals surface area contributed by atoms with Crippen LogP contribution in [0.5, 0.6) is 0 Å². The van der Waals surface area contributed by atoms with Crippen molar-refractivity contribution in [3.63, 3.8) is 0 Å². The number of amides is 2. The maximum atomic E-state index is 13.5. The molecule has 1 saturated carbocycles. The zero-order chi connectivity index (χ0) is 22.1. The van der Waals surface area contributed by atoms with E-state index >= 15 is 0 Å². The van der Waals surface area contributed by atoms with E-state index in [9.17, 15) is 9.59 Å². The Balaban J connectivity index is 1.56. The maximum Gasteiger partial charge on any atom is 0.267 e. The first-order valence-electron chi connectivity index (χ1n) is 10.8. The second-order valence-electron chi connectivity index (χ2n) is 8.15. The number of nitrogens with zero attached hydrogens (tertiary/aromatic N) is 3. The molecule has 2 amide bonds. The zero-order valence-electron chi connectivity index (χ0n) is 17.6. The van der Waals surface area contributed by atoms with Crippen LogP contribution in [0.1, 0.15) is 31.2 Å². The molecule has 162 valence electrons. The number of aliphatic imine (C=N–C) groups is 1. The lowest BCUT2D eigenvalue weighted by atomic mass is 10.1. The van der Waals surface area contributed by atoms with Gasteiger partial charge in [-0.05, 0) is 48.9 Å². The number of benzene rings is 2. The van der Waals surface area contributed by atoms with Gasteiger partial charge in [-0.1, -0.05) is 49.2 Å². The quantitative estimate of drug-likeness (QED) is 0.581. The molecule has 2 aromatic carbocycles. The number of rotatable bonds is 5. The van der Waals surface area contributed by atoms with E-state index in [1.165, 1.54) is 11.8 Å². The third-order valence-corrected chi connectivity index (χ3v) is 6.92. The summed E-state index contributed by atoms with van der Waals surface area (Å²) >= 11 is 1.42. The molecule has 2 heterocycles. The van der Waals surface area contributed by atoms with Crippen molar-refractivity contribution in [3.05, 3.63) is 71.3 Å². The molecule has 0 unspecified atom stereocenters. The van der Waals surface area contributed by atoms with Crippen LogP contribution in [-0.2, 0) is 16.1 Å². The molecule has 6 nitrogen and oxygen atoms in total. The molecule has 0 bridgehead atoms. The van der Waals surface area contributed by atoms with Crippen LogP contribution in [0.25, 0.3) is 17.0 Å². The van der Waals surface area contributed by atoms with Crippen molar-refractivity contribution in [1.82, 2.24) is 9.47 Å². The first-order valence-corrected chi connectivity index (χ1v) is 11.6. The van der Waals surface area contributed by atoms with Crippen LogP contribution in [-0.4, -0.2) is 32.5 Å². The zero-order valence-corrected chi connectivity index (χ0v) is 18.4. The Kier molecular flexibility index (Phi) is 5.57. The van der Waals surface area contributed by atoms with Gasteiger partial charge in [0, 0.05) is 28.7 Å². The minimum atomic E-state index is -0.402. The number of nitrogens with two attached hydrogens (primary N) is 1. The third kappa shape index (κ3) is 3.96. The fourth-order valence-electron chi connectivity index (χ4n) is 4.49. The van der Waals surface area contributed by atoms with E-state index in [-0.39, 0.29) is 18.5 Å². The summed E-state index contributed by atoms with van der Waals surface area (Å²) in [4.78, 5) is 32.4. The number of fused-ring (bicyclic) bond motifs is 1. The smallest absolute Gasteiger partial charge is 0.267 e. The van der Waals surface area contributed by atoms with Gasteiger partial charge in [-0.2, -0.15) is 0 Å². The number of primary amides is 1. The summed E-state index contributed by atoms with van der Waals surface area (Å²) < 4.78 is 1.84. The van der Waals surface area contributed by atoms with Crippen LogP contribution in [0.3, 0.4) is 0 Å². The molecule has 7 heteroatoms. The number of amidine groups is 1. The molecule has 1 aliphatic carbocycles. The van der Waals surface area contributed by atoms with E-state index < -0.39 is 5.91 Å². The summed E-state index contributed by atoms with van der Waals surface area (Å²) in [6, 6.07) is 17.8. The second kappa shape index (κ2) is 8.67. The number of hydrogen-bond donors (Lipinski definition) is 1. The van der Waals surface area contributed by atoms with Gasteiger partial charge < -0.3 is 10.3 Å². The van der Waals surface area contributed by atoms with Crippen LogP contribution in [0.2, 0.25) is 0 Å². The summed E-state index contributed by atoms with van der Waals surface area (Å²) in [5.74, 6) is -0.399. The van der Waals surface area contributed by atoms with Gasteiger partial charge in [-0.25, -0.2) is 4.99 Å². The van der Waals surface area contributed by atoms with Crippen LogP contribution in [0.15, 0.2) is 70.7 Å². The van der Waals surface area contributed by atoms with E-state index in [2.05, 4.69) is 0 Å². The molecule has 2 fully saturated rings. The van der Waals surface area contributed by atoms with Crippen molar-refractivity contribution < 1.29 is 9.59 Å². The average molecular weight is 445 g/mol. The highest BCUT2D eigenvalue weighted by Crippen LogP contribution is 2.39. The highest BCUT2D eigenvalue weighted by atomic mass is 32.2. The third-order valence-electron chi connectivity index (χ3n) is 5.94. The van der Waals surface area contributed by atoms with Crippen LogP contribution in [0, 0.1) is 0 Å². The summed E-state index contributed by atoms with van der Waals surface area (Å²) in [7, 11) is 0. The van der Waals surface area contributed by atoms with Crippen LogP contribution >= 0.6 is 11.8 Å². The lowest BCUT2D eigenvalue weighted by Gasteiger charge is -2.22. The van der Waals surface area contributed by atoms with Crippen molar-refractivity contribution in [3.8, 4) is 0 Å². The molecule has 1 aliphatic heterocycles. The second-order valence-corrected chi connectivity index (χ2v) is 9.16. The monoisotopic (exact) mass is 444 g/mol. The van der Waals surface area contributed by atoms with Gasteiger partial charge in [0.25, 0.3) is 5.91 Å². The van der Waals surface area contributed by atoms with E-state index in [1.54, 1.807) is 0 Å². The standard InChI is InChI=1S/C25H24N4O2S/c26-23(30)16-28-15-17(20-12-6-7-13-21(20)28)14-22-24(31)29(19-10-4-5-11-19)25(32-22)27-18-8-2-1-3-9-18/h1-3,6-9,12-15,19H,4-5,10-11,16H2,(H2,26,30)/b22-14-,27-25?. The fraction of sp³-hybridized carbons (Fsp3) is 0.240. The van der Waals surface area contributed by atoms with Gasteiger partial charge in [-0.3, -0.25) is 14.5 Å². The highest BCUT2D eigenvalue weighted by Gasteiger charge is 2.39. The predicted octanol–water partition coefficient (Wildman–Crippen LogP) is 4.67. The van der Waals surface area contributed by atoms with Gasteiger partial charge in [0.1, 0.15) is 6.54 Å². The summed E-state index contributed by atoms with van der Waals surface area (Å²) in [6.07, 6.45) is 8.09. The van der Waals surface area contributed by atoms with E-state index in [0.717, 1.165) is 53.0 Å². The summed E-state index contributed by atoms with van der Waals surface area (Å²) in [5, 5.41) is 1.72. The SMILES string of the molecule is NC(=O)Cn1cc(/C=C2\SC(=Nc3ccccc3)N(C3CCCC3)C2=O)c2ccccc21. The molecule has 1 saturated heterocycles. The molecule has 0 spiro atoms. The van der Waals surface area contributed by atoms with E-state index in [1.807, 2.05) is 76.3 Å². The number of aromatic nitrogens is 1. The van der Waals surface area contributed by atoms with Crippen molar-refractivity contribution >= 4 is 51.4 Å². The number of carbonyl (C=O) groups is 2. The molecule has 32 heavy (non-hydrogen) atoms. The first-order chi connectivity index (χ1) is 15.6. The Labute approximate surface area is 190 Å². The van der Waals surface area contributed by atoms with Gasteiger partial charge in [-0.15, -0.1) is 0 Å². The lowest BCUT2D eigenvalue weighted by molar-refractivity contribution is -0.123. The largest absolute Gasteiger partial charge is 0.368 e. The minimum absolute atomic E-state index is 0.00307. The van der Waals surface area contributed by atoms with Crippen molar-refractivity contribution in [2.24, 2.45) is 10.7 Å². The van der Waals surface area contributed by atoms with E-state index in [0.29, 0.717) is 4.91 Å². The Morgan fingerprint density at radius 2 is 1.81 bits per heavy atom. The Bertz CT molecular complexity index is 1240. The lowest BCUT2D eigenvalue weighted by Crippen LogP contribution is -2.37. The normalized spacial score (nSPS) is 19.6. The molecule has 5 rings (SSSR count). The molecular formula is C25H24N4O2S. The van der Waals surface area contributed by atoms with Crippen molar-refractivity contribution in [2.45, 2.75) is 38.3 Å². The van der Waals surface area contributed by atoms with Gasteiger partial charge in [0.2, 0.25) is 5.91 Å². The molecule has 0 radical (unpaired) electrons. The average Bonchev–Trinajstić information content (AvgIpc) is 3.49. The number of hydrogen-bond acceptors (Lipinski definition) is 4. The van der Waals surface area contributed by atoms with Gasteiger partial charge in [0.15, 0.2) is 5.17 Å². The van der Waals surface area contributed by atoms with Crippen LogP contribution in [0.4, 0.5) is 5.69 Å². The molecule has 2 aliphatic rings. The van der Waals surface area contributed by atoms with Gasteiger partial charge >= 0.3 is 0 Å². The molecule has 1 aromatic heterocycles. The number of thioether (sulfide) groups is 1. The maximum absolute atomic E-state index is 13.5. The van der Waals surface area contributed by atoms with Crippen molar-refractivity contribution in [2.75, 3.05) is 0 Å². The Hall–Kier alpha value is -3.32. The fourth-order valence-corrected chi connectivity index (χ4v) is 5.54. The van der Waals surface area contributed by atoms with E-state index in [4.69, 9.17) is 10.7 Å². The van der Waals surface area contributed by atoms with Gasteiger partial charge in [0.05, 0.1) is 10.6 Å². The van der Waals surface area contributed by atoms with Crippen molar-refractivity contribution in [1.29, 1.82) is 0 Å². The minimum Gasteiger partial charge on any atom is -0.368 e. The Morgan fingerprint density at radius 3 is 2.56 bits per heavy atom. The highest BCUT2D eigenvalue weighted by molar-refractivity contribution is 8.18. The Morgan fingerprint density at radius 1 is 1.09 bits per heavy atom. The predicted molar refractivity (Wildman–Crippen MR) is 129 cm³/mol. The molecular weight excluding hydrogens is 420 g/mol. The molecule has 2 N–H and O–H groups in total. The number of carbonyl (C=O) groups excluding carboxylic acids is 2. The molecule has 0 atom stereocenters.